The normalized spacial score (nSPS) is 18.8. The Balaban J connectivity index is 1.13. The van der Waals surface area contributed by atoms with Crippen molar-refractivity contribution in [3.8, 4) is 17.1 Å². The van der Waals surface area contributed by atoms with E-state index in [2.05, 4.69) is 15.2 Å². The van der Waals surface area contributed by atoms with Gasteiger partial charge in [0, 0.05) is 44.9 Å². The lowest BCUT2D eigenvalue weighted by molar-refractivity contribution is 0.0256. The highest BCUT2D eigenvalue weighted by atomic mass is 19.1. The number of hydrazone groups is 1. The number of halogens is 3. The number of ether oxygens (including phenoxy) is 1. The van der Waals surface area contributed by atoms with Crippen LogP contribution in [0.25, 0.3) is 11.4 Å². The number of benzene rings is 1. The average molecular weight is 540 g/mol. The van der Waals surface area contributed by atoms with Gasteiger partial charge in [-0.2, -0.15) is 10.2 Å². The van der Waals surface area contributed by atoms with Crippen LogP contribution in [0.5, 0.6) is 5.75 Å². The third-order valence-electron chi connectivity index (χ3n) is 7.08. The van der Waals surface area contributed by atoms with Crippen LogP contribution in [0.4, 0.5) is 18.0 Å². The number of carbonyl (C=O) groups is 2. The first-order valence-electron chi connectivity index (χ1n) is 12.5. The number of aryl methyl sites for hydroxylation is 1. The predicted octanol–water partition coefficient (Wildman–Crippen LogP) is 3.36. The van der Waals surface area contributed by atoms with E-state index in [0.717, 1.165) is 18.7 Å². The van der Waals surface area contributed by atoms with Gasteiger partial charge in [0.25, 0.3) is 5.91 Å². The molecule has 2 fully saturated rings. The minimum absolute atomic E-state index is 0.0621. The molecule has 0 radical (unpaired) electrons. The second-order valence-corrected chi connectivity index (χ2v) is 9.70. The van der Waals surface area contributed by atoms with Crippen LogP contribution in [-0.2, 0) is 7.05 Å². The number of urea groups is 1. The van der Waals surface area contributed by atoms with E-state index >= 15 is 0 Å². The van der Waals surface area contributed by atoms with Gasteiger partial charge in [0.05, 0.1) is 48.5 Å². The van der Waals surface area contributed by atoms with Crippen molar-refractivity contribution in [2.75, 3.05) is 26.2 Å². The molecule has 0 saturated carbocycles. The Hall–Kier alpha value is -4.42. The van der Waals surface area contributed by atoms with E-state index in [-0.39, 0.29) is 24.7 Å². The second-order valence-electron chi connectivity index (χ2n) is 9.70. The van der Waals surface area contributed by atoms with Gasteiger partial charge in [-0.15, -0.1) is 0 Å². The molecule has 1 unspecified atom stereocenters. The summed E-state index contributed by atoms with van der Waals surface area (Å²) in [6.07, 6.45) is 4.80. The standard InChI is InChI=1S/C26H24F3N7O3/c1-33-24(19(11-32-33)25(37)34-5-2-6-34)21-10-23(20(29)12-30-21)39-18-13-35(14-18)26(38)36-22(3-4-31-36)15-7-16(27)9-17(28)8-15/h4,7-12,18,22H,2-3,5-6,13-14H2,1H3. The number of rotatable bonds is 5. The molecule has 3 amide bonds. The molecule has 13 heteroatoms. The summed E-state index contributed by atoms with van der Waals surface area (Å²) in [5, 5.41) is 9.48. The molecule has 202 valence electrons. The maximum Gasteiger partial charge on any atom is 0.341 e. The molecule has 1 aromatic carbocycles. The lowest BCUT2D eigenvalue weighted by Crippen LogP contribution is -2.58. The van der Waals surface area contributed by atoms with Crippen LogP contribution in [0.2, 0.25) is 0 Å². The van der Waals surface area contributed by atoms with Crippen molar-refractivity contribution >= 4 is 18.2 Å². The Bertz CT molecular complexity index is 1460. The van der Waals surface area contributed by atoms with E-state index in [1.807, 2.05) is 0 Å². The number of nitrogens with zero attached hydrogens (tertiary/aromatic N) is 7. The first-order valence-corrected chi connectivity index (χ1v) is 12.5. The second kappa shape index (κ2) is 9.71. The number of pyridine rings is 1. The van der Waals surface area contributed by atoms with Gasteiger partial charge in [0.1, 0.15) is 17.7 Å². The first-order chi connectivity index (χ1) is 18.8. The average Bonchev–Trinajstić information content (AvgIpc) is 3.47. The molecule has 2 saturated heterocycles. The highest BCUT2D eigenvalue weighted by molar-refractivity contribution is 6.00. The summed E-state index contributed by atoms with van der Waals surface area (Å²) >= 11 is 0. The number of hydrogen-bond acceptors (Lipinski definition) is 6. The maximum atomic E-state index is 14.6. The van der Waals surface area contributed by atoms with E-state index in [1.54, 1.807) is 11.9 Å². The summed E-state index contributed by atoms with van der Waals surface area (Å²) in [7, 11) is 1.68. The number of carbonyl (C=O) groups excluding carboxylic acids is 2. The van der Waals surface area contributed by atoms with Gasteiger partial charge in [0.2, 0.25) is 0 Å². The third-order valence-corrected chi connectivity index (χ3v) is 7.08. The van der Waals surface area contributed by atoms with Gasteiger partial charge in [-0.25, -0.2) is 23.0 Å². The van der Waals surface area contributed by atoms with Crippen molar-refractivity contribution < 1.29 is 27.5 Å². The predicted molar refractivity (Wildman–Crippen MR) is 132 cm³/mol. The molecule has 2 aromatic heterocycles. The van der Waals surface area contributed by atoms with E-state index in [1.165, 1.54) is 45.2 Å². The minimum atomic E-state index is -0.733. The van der Waals surface area contributed by atoms with E-state index in [4.69, 9.17) is 4.74 Å². The molecule has 6 rings (SSSR count). The molecular formula is C26H24F3N7O3. The van der Waals surface area contributed by atoms with Crippen molar-refractivity contribution in [1.29, 1.82) is 0 Å². The maximum absolute atomic E-state index is 14.6. The van der Waals surface area contributed by atoms with Crippen LogP contribution in [0.3, 0.4) is 0 Å². The van der Waals surface area contributed by atoms with Crippen LogP contribution >= 0.6 is 0 Å². The molecule has 0 bridgehead atoms. The molecule has 10 nitrogen and oxygen atoms in total. The summed E-state index contributed by atoms with van der Waals surface area (Å²) in [5.74, 6) is -2.37. The summed E-state index contributed by atoms with van der Waals surface area (Å²) < 4.78 is 49.4. The molecule has 3 aromatic rings. The van der Waals surface area contributed by atoms with Crippen molar-refractivity contribution in [3.63, 3.8) is 0 Å². The van der Waals surface area contributed by atoms with Gasteiger partial charge in [0.15, 0.2) is 11.6 Å². The largest absolute Gasteiger partial charge is 0.483 e. The Labute approximate surface area is 221 Å². The summed E-state index contributed by atoms with van der Waals surface area (Å²) in [6.45, 7) is 1.68. The van der Waals surface area contributed by atoms with Gasteiger partial charge >= 0.3 is 6.03 Å². The summed E-state index contributed by atoms with van der Waals surface area (Å²) in [4.78, 5) is 33.2. The Kier molecular flexibility index (Phi) is 6.20. The summed E-state index contributed by atoms with van der Waals surface area (Å²) in [6, 6.07) is 3.47. The van der Waals surface area contributed by atoms with Gasteiger partial charge in [-0.1, -0.05) is 0 Å². The van der Waals surface area contributed by atoms with Crippen LogP contribution in [-0.4, -0.2) is 80.0 Å². The zero-order valence-corrected chi connectivity index (χ0v) is 20.9. The first kappa shape index (κ1) is 24.9. The molecule has 1 atom stereocenters. The summed E-state index contributed by atoms with van der Waals surface area (Å²) in [5.41, 5.74) is 1.47. The zero-order valence-electron chi connectivity index (χ0n) is 20.9. The fourth-order valence-corrected chi connectivity index (χ4v) is 4.86. The molecule has 0 N–H and O–H groups in total. The fourth-order valence-electron chi connectivity index (χ4n) is 4.86. The Morgan fingerprint density at radius 3 is 2.44 bits per heavy atom. The highest BCUT2D eigenvalue weighted by Crippen LogP contribution is 2.33. The SMILES string of the molecule is Cn1ncc(C(=O)N2CCC2)c1-c1cc(OC2CN(C(=O)N3N=CCC3c3cc(F)cc(F)c3)C2)c(F)cn1. The topological polar surface area (TPSA) is 96.2 Å². The van der Waals surface area contributed by atoms with Gasteiger partial charge in [-0.05, 0) is 24.1 Å². The fraction of sp³-hybridized carbons (Fsp3) is 0.346. The highest BCUT2D eigenvalue weighted by Gasteiger charge is 2.39. The van der Waals surface area contributed by atoms with Crippen molar-refractivity contribution in [1.82, 2.24) is 29.6 Å². The van der Waals surface area contributed by atoms with E-state index in [0.29, 0.717) is 42.0 Å². The van der Waals surface area contributed by atoms with Crippen LogP contribution < -0.4 is 4.74 Å². The molecule has 3 aliphatic heterocycles. The molecule has 0 spiro atoms. The number of likely N-dealkylation sites (tertiary alicyclic amines) is 2. The monoisotopic (exact) mass is 539 g/mol. The molecular weight excluding hydrogens is 515 g/mol. The van der Waals surface area contributed by atoms with Crippen LogP contribution in [0, 0.1) is 17.5 Å². The zero-order chi connectivity index (χ0) is 27.3. The van der Waals surface area contributed by atoms with Crippen molar-refractivity contribution in [2.24, 2.45) is 12.1 Å². The minimum Gasteiger partial charge on any atom is -0.483 e. The third kappa shape index (κ3) is 4.57. The molecule has 39 heavy (non-hydrogen) atoms. The number of aromatic nitrogens is 3. The Morgan fingerprint density at radius 1 is 1.00 bits per heavy atom. The van der Waals surface area contributed by atoms with Crippen LogP contribution in [0.1, 0.15) is 34.8 Å². The van der Waals surface area contributed by atoms with Crippen molar-refractivity contribution in [2.45, 2.75) is 25.0 Å². The Morgan fingerprint density at radius 2 is 1.74 bits per heavy atom. The van der Waals surface area contributed by atoms with Crippen molar-refractivity contribution in [3.05, 3.63) is 65.2 Å². The quantitative estimate of drug-likeness (QED) is 0.496. The van der Waals surface area contributed by atoms with Crippen LogP contribution in [0.15, 0.2) is 41.8 Å². The van der Waals surface area contributed by atoms with Gasteiger partial charge < -0.3 is 14.5 Å². The van der Waals surface area contributed by atoms with E-state index < -0.39 is 35.6 Å². The lowest BCUT2D eigenvalue weighted by atomic mass is 10.0. The number of amides is 3. The van der Waals surface area contributed by atoms with E-state index in [9.17, 15) is 22.8 Å². The molecule has 0 aliphatic carbocycles. The smallest absolute Gasteiger partial charge is 0.341 e. The number of hydrogen-bond donors (Lipinski definition) is 0. The van der Waals surface area contributed by atoms with Gasteiger partial charge in [-0.3, -0.25) is 14.5 Å². The molecule has 5 heterocycles. The molecule has 3 aliphatic rings. The lowest BCUT2D eigenvalue weighted by Gasteiger charge is -2.41.